The van der Waals surface area contributed by atoms with Gasteiger partial charge in [0.2, 0.25) is 5.91 Å². The van der Waals surface area contributed by atoms with Gasteiger partial charge in [-0.25, -0.2) is 0 Å². The highest BCUT2D eigenvalue weighted by atomic mass is 16.5. The maximum atomic E-state index is 13.0. The maximum Gasteiger partial charge on any atom is 0.253 e. The van der Waals surface area contributed by atoms with Gasteiger partial charge in [-0.2, -0.15) is 0 Å². The Balaban J connectivity index is 1.64. The van der Waals surface area contributed by atoms with E-state index in [2.05, 4.69) is 11.4 Å². The first-order chi connectivity index (χ1) is 14.4. The number of piperidine rings is 1. The second-order valence-corrected chi connectivity index (χ2v) is 7.86. The van der Waals surface area contributed by atoms with Crippen LogP contribution in [0.4, 0.5) is 0 Å². The Morgan fingerprint density at radius 3 is 2.47 bits per heavy atom. The van der Waals surface area contributed by atoms with Crippen LogP contribution in [0.2, 0.25) is 0 Å². The number of nitrogens with zero attached hydrogens (tertiary/aromatic N) is 1. The highest BCUT2D eigenvalue weighted by Crippen LogP contribution is 2.24. The predicted octanol–water partition coefficient (Wildman–Crippen LogP) is 3.49. The van der Waals surface area contributed by atoms with Crippen molar-refractivity contribution < 1.29 is 19.1 Å². The molecule has 160 valence electrons. The first-order valence-corrected chi connectivity index (χ1v) is 10.3. The Bertz CT molecular complexity index is 905. The smallest absolute Gasteiger partial charge is 0.253 e. The summed E-state index contributed by atoms with van der Waals surface area (Å²) in [5.41, 5.74) is 3.67. The Kier molecular flexibility index (Phi) is 6.98. The highest BCUT2D eigenvalue weighted by molar-refractivity contribution is 5.95. The van der Waals surface area contributed by atoms with Crippen molar-refractivity contribution in [1.29, 1.82) is 0 Å². The van der Waals surface area contributed by atoms with Crippen LogP contribution in [0, 0.1) is 19.8 Å². The van der Waals surface area contributed by atoms with Crippen molar-refractivity contribution in [3.05, 3.63) is 58.7 Å². The largest absolute Gasteiger partial charge is 0.497 e. The van der Waals surface area contributed by atoms with Crippen LogP contribution >= 0.6 is 0 Å². The topological polar surface area (TPSA) is 67.9 Å². The Morgan fingerprint density at radius 1 is 1.07 bits per heavy atom. The molecule has 0 spiro atoms. The van der Waals surface area contributed by atoms with E-state index in [9.17, 15) is 9.59 Å². The van der Waals surface area contributed by atoms with E-state index in [1.54, 1.807) is 19.1 Å². The van der Waals surface area contributed by atoms with E-state index in [0.717, 1.165) is 29.5 Å². The van der Waals surface area contributed by atoms with Gasteiger partial charge in [0.15, 0.2) is 0 Å². The van der Waals surface area contributed by atoms with Crippen LogP contribution in [0.1, 0.15) is 39.9 Å². The fraction of sp³-hybridized carbons (Fsp3) is 0.417. The number of likely N-dealkylation sites (tertiary alicyclic amines) is 1. The van der Waals surface area contributed by atoms with Crippen LogP contribution in [0.15, 0.2) is 36.4 Å². The van der Waals surface area contributed by atoms with Gasteiger partial charge >= 0.3 is 0 Å². The van der Waals surface area contributed by atoms with Crippen molar-refractivity contribution in [3.8, 4) is 11.5 Å². The lowest BCUT2D eigenvalue weighted by molar-refractivity contribution is -0.126. The Morgan fingerprint density at radius 2 is 1.80 bits per heavy atom. The monoisotopic (exact) mass is 410 g/mol. The molecule has 1 atom stereocenters. The number of benzene rings is 2. The number of hydrogen-bond acceptors (Lipinski definition) is 4. The average molecular weight is 411 g/mol. The van der Waals surface area contributed by atoms with Gasteiger partial charge in [0.25, 0.3) is 5.91 Å². The van der Waals surface area contributed by atoms with Gasteiger partial charge in [0, 0.05) is 30.8 Å². The minimum absolute atomic E-state index is 0.00577. The predicted molar refractivity (Wildman–Crippen MR) is 116 cm³/mol. The van der Waals surface area contributed by atoms with Crippen LogP contribution in [-0.2, 0) is 11.3 Å². The summed E-state index contributed by atoms with van der Waals surface area (Å²) in [5, 5.41) is 3.00. The van der Waals surface area contributed by atoms with Crippen molar-refractivity contribution in [2.75, 3.05) is 27.3 Å². The molecule has 0 aromatic heterocycles. The lowest BCUT2D eigenvalue weighted by Crippen LogP contribution is -2.45. The zero-order valence-corrected chi connectivity index (χ0v) is 18.2. The third-order valence-electron chi connectivity index (χ3n) is 5.49. The normalized spacial score (nSPS) is 16.1. The molecule has 0 aliphatic carbocycles. The number of carbonyl (C=O) groups is 2. The SMILES string of the molecule is COc1ccc(OC)c(CNC(=O)C2CCCN(C(=O)c3cc(C)cc(C)c3)C2)c1. The first-order valence-electron chi connectivity index (χ1n) is 10.3. The molecule has 2 aromatic carbocycles. The number of carbonyl (C=O) groups excluding carboxylic acids is 2. The molecule has 6 heteroatoms. The lowest BCUT2D eigenvalue weighted by atomic mass is 9.96. The number of ether oxygens (including phenoxy) is 2. The van der Waals surface area contributed by atoms with E-state index in [1.807, 2.05) is 44.2 Å². The molecular formula is C24H30N2O4. The van der Waals surface area contributed by atoms with Crippen LogP contribution in [0.5, 0.6) is 11.5 Å². The number of nitrogens with one attached hydrogen (secondary N) is 1. The van der Waals surface area contributed by atoms with Crippen LogP contribution < -0.4 is 14.8 Å². The second kappa shape index (κ2) is 9.65. The molecule has 0 bridgehead atoms. The summed E-state index contributed by atoms with van der Waals surface area (Å²) in [7, 11) is 3.21. The quantitative estimate of drug-likeness (QED) is 0.792. The molecule has 2 aromatic rings. The molecule has 0 radical (unpaired) electrons. The van der Waals surface area contributed by atoms with Gasteiger partial charge in [0.05, 0.1) is 20.1 Å². The number of amides is 2. The summed E-state index contributed by atoms with van der Waals surface area (Å²) in [5.74, 6) is 1.14. The van der Waals surface area contributed by atoms with E-state index in [4.69, 9.17) is 9.47 Å². The Labute approximate surface area is 178 Å². The van der Waals surface area contributed by atoms with E-state index < -0.39 is 0 Å². The van der Waals surface area contributed by atoms with E-state index in [1.165, 1.54) is 0 Å². The van der Waals surface area contributed by atoms with Crippen LogP contribution in [0.25, 0.3) is 0 Å². The molecule has 1 heterocycles. The fourth-order valence-corrected chi connectivity index (χ4v) is 4.00. The molecular weight excluding hydrogens is 380 g/mol. The number of aryl methyl sites for hydroxylation is 2. The van der Waals surface area contributed by atoms with Gasteiger partial charge in [-0.1, -0.05) is 17.2 Å². The van der Waals surface area contributed by atoms with Crippen molar-refractivity contribution in [2.45, 2.75) is 33.2 Å². The molecule has 0 saturated carbocycles. The lowest BCUT2D eigenvalue weighted by Gasteiger charge is -2.32. The standard InChI is InChI=1S/C24H30N2O4/c1-16-10-17(2)12-19(11-16)24(28)26-9-5-6-18(15-26)23(27)25-14-20-13-21(29-3)7-8-22(20)30-4/h7-8,10-13,18H,5-6,9,14-15H2,1-4H3,(H,25,27). The summed E-state index contributed by atoms with van der Waals surface area (Å²) in [6.45, 7) is 5.44. The number of methoxy groups -OCH3 is 2. The summed E-state index contributed by atoms with van der Waals surface area (Å²) in [4.78, 5) is 27.6. The first kappa shape index (κ1) is 21.7. The third-order valence-corrected chi connectivity index (χ3v) is 5.49. The highest BCUT2D eigenvalue weighted by Gasteiger charge is 2.29. The van der Waals surface area contributed by atoms with Gasteiger partial charge in [0.1, 0.15) is 11.5 Å². The van der Waals surface area contributed by atoms with Gasteiger partial charge < -0.3 is 19.7 Å². The number of rotatable bonds is 6. The molecule has 1 saturated heterocycles. The molecule has 1 fully saturated rings. The molecule has 1 aliphatic heterocycles. The molecule has 1 unspecified atom stereocenters. The fourth-order valence-electron chi connectivity index (χ4n) is 4.00. The van der Waals surface area contributed by atoms with Crippen molar-refractivity contribution in [2.24, 2.45) is 5.92 Å². The summed E-state index contributed by atoms with van der Waals surface area (Å²) in [6, 6.07) is 11.4. The van der Waals surface area contributed by atoms with Gasteiger partial charge in [-0.05, 0) is 57.0 Å². The Hall–Kier alpha value is -3.02. The third kappa shape index (κ3) is 5.12. The minimum Gasteiger partial charge on any atom is -0.497 e. The van der Waals surface area contributed by atoms with Gasteiger partial charge in [-0.3, -0.25) is 9.59 Å². The van der Waals surface area contributed by atoms with Crippen LogP contribution in [-0.4, -0.2) is 44.0 Å². The van der Waals surface area contributed by atoms with Gasteiger partial charge in [-0.15, -0.1) is 0 Å². The summed E-state index contributed by atoms with van der Waals surface area (Å²) in [6.07, 6.45) is 1.59. The molecule has 30 heavy (non-hydrogen) atoms. The van der Waals surface area contributed by atoms with E-state index >= 15 is 0 Å². The summed E-state index contributed by atoms with van der Waals surface area (Å²) >= 11 is 0. The molecule has 1 N–H and O–H groups in total. The van der Waals surface area contributed by atoms with Crippen molar-refractivity contribution in [1.82, 2.24) is 10.2 Å². The van der Waals surface area contributed by atoms with E-state index in [0.29, 0.717) is 36.7 Å². The average Bonchev–Trinajstić information content (AvgIpc) is 2.76. The van der Waals surface area contributed by atoms with Crippen LogP contribution in [0.3, 0.4) is 0 Å². The van der Waals surface area contributed by atoms with Crippen molar-refractivity contribution in [3.63, 3.8) is 0 Å². The molecule has 1 aliphatic rings. The molecule has 3 rings (SSSR count). The molecule has 6 nitrogen and oxygen atoms in total. The zero-order valence-electron chi connectivity index (χ0n) is 18.2. The number of hydrogen-bond donors (Lipinski definition) is 1. The van der Waals surface area contributed by atoms with E-state index in [-0.39, 0.29) is 17.7 Å². The minimum atomic E-state index is -0.217. The second-order valence-electron chi connectivity index (χ2n) is 7.86. The zero-order chi connectivity index (χ0) is 21.7. The van der Waals surface area contributed by atoms with Crippen molar-refractivity contribution >= 4 is 11.8 Å². The maximum absolute atomic E-state index is 13.0. The molecule has 2 amide bonds. The summed E-state index contributed by atoms with van der Waals surface area (Å²) < 4.78 is 10.6.